The number of benzene rings is 1. The molecule has 0 spiro atoms. The number of aromatic nitrogens is 3. The summed E-state index contributed by atoms with van der Waals surface area (Å²) in [5.41, 5.74) is 4.21. The molecule has 3 nitrogen and oxygen atoms in total. The number of hydrogen-bond acceptors (Lipinski definition) is 2. The molecule has 3 aromatic rings. The summed E-state index contributed by atoms with van der Waals surface area (Å²) in [6, 6.07) is 12.2. The van der Waals surface area contributed by atoms with E-state index in [9.17, 15) is 0 Å². The van der Waals surface area contributed by atoms with Crippen molar-refractivity contribution in [3.8, 4) is 11.3 Å². The van der Waals surface area contributed by atoms with Gasteiger partial charge in [-0.1, -0.05) is 30.3 Å². The predicted octanol–water partition coefficient (Wildman–Crippen LogP) is 2.70. The van der Waals surface area contributed by atoms with Gasteiger partial charge in [-0.2, -0.15) is 5.10 Å². The molecular weight excluding hydrogens is 198 g/mol. The van der Waals surface area contributed by atoms with E-state index in [-0.39, 0.29) is 0 Å². The maximum Gasteiger partial charge on any atom is 0.0937 e. The van der Waals surface area contributed by atoms with Crippen molar-refractivity contribution >= 4 is 5.52 Å². The Morgan fingerprint density at radius 3 is 2.69 bits per heavy atom. The van der Waals surface area contributed by atoms with Crippen LogP contribution in [0.25, 0.3) is 16.8 Å². The summed E-state index contributed by atoms with van der Waals surface area (Å²) in [5.74, 6) is 0. The average molecular weight is 209 g/mol. The fourth-order valence-corrected chi connectivity index (χ4v) is 1.90. The third-order valence-electron chi connectivity index (χ3n) is 2.66. The molecule has 0 aliphatic carbocycles. The highest BCUT2D eigenvalue weighted by Gasteiger charge is 2.08. The number of aryl methyl sites for hydroxylation is 1. The maximum absolute atomic E-state index is 4.40. The van der Waals surface area contributed by atoms with Crippen LogP contribution in [0, 0.1) is 6.92 Å². The second-order valence-corrected chi connectivity index (χ2v) is 3.73. The monoisotopic (exact) mass is 209 g/mol. The van der Waals surface area contributed by atoms with E-state index in [0.29, 0.717) is 0 Å². The van der Waals surface area contributed by atoms with Gasteiger partial charge in [0.25, 0.3) is 0 Å². The van der Waals surface area contributed by atoms with Crippen LogP contribution >= 0.6 is 0 Å². The Labute approximate surface area is 93.4 Å². The molecular formula is C13H11N3. The lowest BCUT2D eigenvalue weighted by Crippen LogP contribution is -1.98. The van der Waals surface area contributed by atoms with Gasteiger partial charge in [0.2, 0.25) is 0 Å². The first kappa shape index (κ1) is 9.09. The van der Waals surface area contributed by atoms with Gasteiger partial charge in [0, 0.05) is 5.56 Å². The zero-order chi connectivity index (χ0) is 11.0. The van der Waals surface area contributed by atoms with Gasteiger partial charge in [-0.15, -0.1) is 0 Å². The summed E-state index contributed by atoms with van der Waals surface area (Å²) >= 11 is 0. The summed E-state index contributed by atoms with van der Waals surface area (Å²) in [6.45, 7) is 2.00. The van der Waals surface area contributed by atoms with Crippen LogP contribution in [0.15, 0.2) is 48.8 Å². The molecule has 0 saturated carbocycles. The highest BCUT2D eigenvalue weighted by molar-refractivity contribution is 5.65. The van der Waals surface area contributed by atoms with Gasteiger partial charge in [-0.3, -0.25) is 4.98 Å². The minimum Gasteiger partial charge on any atom is -0.257 e. The van der Waals surface area contributed by atoms with Crippen LogP contribution in [-0.4, -0.2) is 14.6 Å². The summed E-state index contributed by atoms with van der Waals surface area (Å²) in [5, 5.41) is 4.33. The molecule has 0 radical (unpaired) electrons. The Bertz CT molecular complexity index is 626. The molecule has 0 fully saturated rings. The van der Waals surface area contributed by atoms with Crippen molar-refractivity contribution in [1.29, 1.82) is 0 Å². The van der Waals surface area contributed by atoms with Crippen LogP contribution in [0.2, 0.25) is 0 Å². The molecule has 16 heavy (non-hydrogen) atoms. The Morgan fingerprint density at radius 2 is 1.88 bits per heavy atom. The fraction of sp³-hybridized carbons (Fsp3) is 0.0769. The summed E-state index contributed by atoms with van der Waals surface area (Å²) in [4.78, 5) is 4.40. The number of nitrogens with zero attached hydrogens (tertiary/aromatic N) is 3. The second kappa shape index (κ2) is 3.45. The van der Waals surface area contributed by atoms with Crippen LogP contribution in [0.1, 0.15) is 5.69 Å². The van der Waals surface area contributed by atoms with E-state index < -0.39 is 0 Å². The first-order chi connectivity index (χ1) is 7.86. The highest BCUT2D eigenvalue weighted by Crippen LogP contribution is 2.22. The quantitative estimate of drug-likeness (QED) is 0.616. The Balaban J connectivity index is 2.38. The first-order valence-electron chi connectivity index (χ1n) is 5.21. The second-order valence-electron chi connectivity index (χ2n) is 3.73. The van der Waals surface area contributed by atoms with Crippen LogP contribution < -0.4 is 0 Å². The molecule has 78 valence electrons. The van der Waals surface area contributed by atoms with Gasteiger partial charge in [0.1, 0.15) is 0 Å². The standard InChI is InChI=1S/C13H11N3/c1-10-13(11-5-3-2-4-6-11)16-12(9-14-10)7-8-15-16/h2-9H,1H3. The SMILES string of the molecule is Cc1ncc2ccnn2c1-c1ccccc1. The zero-order valence-corrected chi connectivity index (χ0v) is 8.96. The normalized spacial score (nSPS) is 10.8. The van der Waals surface area contributed by atoms with E-state index in [1.165, 1.54) is 0 Å². The van der Waals surface area contributed by atoms with E-state index in [4.69, 9.17) is 0 Å². The molecule has 0 unspecified atom stereocenters. The van der Waals surface area contributed by atoms with Gasteiger partial charge in [0.05, 0.1) is 29.3 Å². The molecule has 0 saturated heterocycles. The molecule has 0 aliphatic heterocycles. The van der Waals surface area contributed by atoms with E-state index in [1.54, 1.807) is 6.20 Å². The van der Waals surface area contributed by atoms with Crippen LogP contribution in [0.5, 0.6) is 0 Å². The van der Waals surface area contributed by atoms with Crippen molar-refractivity contribution in [2.24, 2.45) is 0 Å². The van der Waals surface area contributed by atoms with Crippen LogP contribution in [0.4, 0.5) is 0 Å². The minimum absolute atomic E-state index is 0.988. The van der Waals surface area contributed by atoms with E-state index in [1.807, 2.05) is 41.9 Å². The lowest BCUT2D eigenvalue weighted by atomic mass is 10.1. The molecule has 2 aromatic heterocycles. The third kappa shape index (κ3) is 1.29. The average Bonchev–Trinajstić information content (AvgIpc) is 2.78. The van der Waals surface area contributed by atoms with Crippen LogP contribution in [0.3, 0.4) is 0 Å². The molecule has 0 bridgehead atoms. The zero-order valence-electron chi connectivity index (χ0n) is 8.96. The van der Waals surface area contributed by atoms with Gasteiger partial charge < -0.3 is 0 Å². The first-order valence-corrected chi connectivity index (χ1v) is 5.21. The summed E-state index contributed by atoms with van der Waals surface area (Å²) in [7, 11) is 0. The number of hydrogen-bond donors (Lipinski definition) is 0. The number of rotatable bonds is 1. The molecule has 0 atom stereocenters. The summed E-state index contributed by atoms with van der Waals surface area (Å²) in [6.07, 6.45) is 3.64. The molecule has 2 heterocycles. The van der Waals surface area contributed by atoms with Crippen molar-refractivity contribution in [2.75, 3.05) is 0 Å². The lowest BCUT2D eigenvalue weighted by Gasteiger charge is -2.07. The van der Waals surface area contributed by atoms with Gasteiger partial charge in [-0.25, -0.2) is 4.52 Å². The lowest BCUT2D eigenvalue weighted by molar-refractivity contribution is 0.938. The minimum atomic E-state index is 0.988. The number of fused-ring (bicyclic) bond motifs is 1. The fourth-order valence-electron chi connectivity index (χ4n) is 1.90. The molecule has 0 aliphatic rings. The molecule has 1 aromatic carbocycles. The Kier molecular flexibility index (Phi) is 1.96. The maximum atomic E-state index is 4.40. The van der Waals surface area contributed by atoms with Crippen molar-refractivity contribution in [2.45, 2.75) is 6.92 Å². The topological polar surface area (TPSA) is 30.2 Å². The van der Waals surface area contributed by atoms with Crippen molar-refractivity contribution in [3.05, 3.63) is 54.5 Å². The smallest absolute Gasteiger partial charge is 0.0937 e. The predicted molar refractivity (Wildman–Crippen MR) is 63.2 cm³/mol. The largest absolute Gasteiger partial charge is 0.257 e. The summed E-state index contributed by atoms with van der Waals surface area (Å²) < 4.78 is 1.93. The van der Waals surface area contributed by atoms with E-state index >= 15 is 0 Å². The van der Waals surface area contributed by atoms with E-state index in [0.717, 1.165) is 22.5 Å². The third-order valence-corrected chi connectivity index (χ3v) is 2.66. The van der Waals surface area contributed by atoms with E-state index in [2.05, 4.69) is 22.2 Å². The van der Waals surface area contributed by atoms with Gasteiger partial charge in [-0.05, 0) is 13.0 Å². The molecule has 0 N–H and O–H groups in total. The van der Waals surface area contributed by atoms with Gasteiger partial charge in [0.15, 0.2) is 0 Å². The van der Waals surface area contributed by atoms with Crippen molar-refractivity contribution < 1.29 is 0 Å². The van der Waals surface area contributed by atoms with Crippen LogP contribution in [-0.2, 0) is 0 Å². The Hall–Kier alpha value is -2.16. The molecule has 3 rings (SSSR count). The molecule has 3 heteroatoms. The highest BCUT2D eigenvalue weighted by atomic mass is 15.2. The molecule has 0 amide bonds. The van der Waals surface area contributed by atoms with Crippen molar-refractivity contribution in [3.63, 3.8) is 0 Å². The van der Waals surface area contributed by atoms with Gasteiger partial charge >= 0.3 is 0 Å². The van der Waals surface area contributed by atoms with Crippen molar-refractivity contribution in [1.82, 2.24) is 14.6 Å². The Morgan fingerprint density at radius 1 is 1.06 bits per heavy atom.